The van der Waals surface area contributed by atoms with Gasteiger partial charge in [0.2, 0.25) is 0 Å². The van der Waals surface area contributed by atoms with Crippen molar-refractivity contribution in [3.63, 3.8) is 0 Å². The van der Waals surface area contributed by atoms with E-state index in [1.165, 1.54) is 12.1 Å². The molecular weight excluding hydrogens is 400 g/mol. The van der Waals surface area contributed by atoms with E-state index in [9.17, 15) is 33.9 Å². The summed E-state index contributed by atoms with van der Waals surface area (Å²) in [5, 5.41) is 9.58. The number of nitrogens with zero attached hydrogens (tertiary/aromatic N) is 2. The monoisotopic (exact) mass is 416 g/mol. The van der Waals surface area contributed by atoms with E-state index < -0.39 is 54.3 Å². The Morgan fingerprint density at radius 3 is 2.07 bits per heavy atom. The number of hydrogen-bond donors (Lipinski definition) is 1. The van der Waals surface area contributed by atoms with Gasteiger partial charge in [0.05, 0.1) is 12.5 Å². The summed E-state index contributed by atoms with van der Waals surface area (Å²) < 4.78 is 5.22. The topological polar surface area (TPSA) is 148 Å². The number of amides is 4. The SMILES string of the molecule is O=C(O)CC(C(OC(=O)ON1C(=O)CCC1=O)c1ccccc1)N1C(=O)C=CC1=O. The summed E-state index contributed by atoms with van der Waals surface area (Å²) in [6, 6.07) is 6.40. The van der Waals surface area contributed by atoms with Gasteiger partial charge in [0.25, 0.3) is 23.6 Å². The third-order valence-electron chi connectivity index (χ3n) is 4.43. The highest BCUT2D eigenvalue weighted by atomic mass is 16.8. The fourth-order valence-electron chi connectivity index (χ4n) is 3.12. The maximum Gasteiger partial charge on any atom is 0.534 e. The lowest BCUT2D eigenvalue weighted by molar-refractivity contribution is -0.179. The van der Waals surface area contributed by atoms with E-state index >= 15 is 0 Å². The van der Waals surface area contributed by atoms with Crippen LogP contribution in [-0.2, 0) is 33.5 Å². The van der Waals surface area contributed by atoms with Gasteiger partial charge in [-0.05, 0) is 5.56 Å². The molecule has 1 saturated heterocycles. The first-order valence-corrected chi connectivity index (χ1v) is 8.84. The van der Waals surface area contributed by atoms with Gasteiger partial charge in [-0.25, -0.2) is 4.79 Å². The number of aliphatic carboxylic acids is 1. The number of hydrogen-bond acceptors (Lipinski definition) is 8. The first-order chi connectivity index (χ1) is 14.3. The average Bonchev–Trinajstić information content (AvgIpc) is 3.20. The van der Waals surface area contributed by atoms with E-state index in [0.717, 1.165) is 12.2 Å². The second-order valence-electron chi connectivity index (χ2n) is 6.42. The van der Waals surface area contributed by atoms with E-state index in [4.69, 9.17) is 4.74 Å². The molecule has 0 saturated carbocycles. The molecule has 2 aliphatic rings. The van der Waals surface area contributed by atoms with Crippen LogP contribution in [0.2, 0.25) is 0 Å². The van der Waals surface area contributed by atoms with Crippen molar-refractivity contribution in [3.05, 3.63) is 48.0 Å². The van der Waals surface area contributed by atoms with Crippen LogP contribution in [0.25, 0.3) is 0 Å². The molecule has 4 amide bonds. The molecule has 156 valence electrons. The van der Waals surface area contributed by atoms with Gasteiger partial charge in [0.15, 0.2) is 6.10 Å². The summed E-state index contributed by atoms with van der Waals surface area (Å²) >= 11 is 0. The Morgan fingerprint density at radius 2 is 1.53 bits per heavy atom. The van der Waals surface area contributed by atoms with Crippen molar-refractivity contribution in [1.82, 2.24) is 9.96 Å². The summed E-state index contributed by atoms with van der Waals surface area (Å²) in [6.45, 7) is 0. The van der Waals surface area contributed by atoms with Crippen molar-refractivity contribution >= 4 is 35.8 Å². The molecule has 2 atom stereocenters. The van der Waals surface area contributed by atoms with Crippen LogP contribution in [0.4, 0.5) is 4.79 Å². The zero-order chi connectivity index (χ0) is 21.8. The highest BCUT2D eigenvalue weighted by molar-refractivity contribution is 6.13. The lowest BCUT2D eigenvalue weighted by Gasteiger charge is -2.32. The third-order valence-corrected chi connectivity index (χ3v) is 4.43. The largest absolute Gasteiger partial charge is 0.534 e. The average molecular weight is 416 g/mol. The molecule has 0 bridgehead atoms. The van der Waals surface area contributed by atoms with E-state index in [2.05, 4.69) is 4.84 Å². The van der Waals surface area contributed by atoms with Gasteiger partial charge in [0, 0.05) is 25.0 Å². The first-order valence-electron chi connectivity index (χ1n) is 8.84. The Balaban J connectivity index is 1.90. The van der Waals surface area contributed by atoms with Gasteiger partial charge in [0.1, 0.15) is 0 Å². The number of imide groups is 2. The molecule has 2 aliphatic heterocycles. The van der Waals surface area contributed by atoms with Crippen molar-refractivity contribution in [3.8, 4) is 0 Å². The van der Waals surface area contributed by atoms with Crippen LogP contribution in [0.5, 0.6) is 0 Å². The minimum atomic E-state index is -1.46. The zero-order valence-corrected chi connectivity index (χ0v) is 15.4. The molecular formula is C19H16N2O9. The number of hydroxylamine groups is 2. The fraction of sp³-hybridized carbons (Fsp3) is 0.263. The van der Waals surface area contributed by atoms with Gasteiger partial charge >= 0.3 is 12.1 Å². The van der Waals surface area contributed by atoms with Gasteiger partial charge in [-0.3, -0.25) is 33.7 Å². The number of ether oxygens (including phenoxy) is 1. The molecule has 1 aromatic carbocycles. The Hall–Kier alpha value is -4.02. The van der Waals surface area contributed by atoms with Crippen LogP contribution in [0.3, 0.4) is 0 Å². The Bertz CT molecular complexity index is 907. The van der Waals surface area contributed by atoms with E-state index in [0.29, 0.717) is 4.90 Å². The molecule has 2 heterocycles. The van der Waals surface area contributed by atoms with Crippen LogP contribution in [0.1, 0.15) is 30.9 Å². The maximum atomic E-state index is 12.3. The summed E-state index contributed by atoms with van der Waals surface area (Å²) in [5.74, 6) is -4.35. The summed E-state index contributed by atoms with van der Waals surface area (Å²) in [7, 11) is 0. The van der Waals surface area contributed by atoms with Crippen LogP contribution >= 0.6 is 0 Å². The molecule has 3 rings (SSSR count). The summed E-state index contributed by atoms with van der Waals surface area (Å²) in [6.07, 6.45) is -1.94. The highest BCUT2D eigenvalue weighted by Gasteiger charge is 2.42. The van der Waals surface area contributed by atoms with Gasteiger partial charge in [-0.1, -0.05) is 35.4 Å². The second-order valence-corrected chi connectivity index (χ2v) is 6.42. The highest BCUT2D eigenvalue weighted by Crippen LogP contribution is 2.30. The number of carbonyl (C=O) groups excluding carboxylic acids is 5. The zero-order valence-electron chi connectivity index (χ0n) is 15.4. The van der Waals surface area contributed by atoms with Crippen LogP contribution in [0.15, 0.2) is 42.5 Å². The molecule has 0 radical (unpaired) electrons. The number of rotatable bonds is 7. The Kier molecular flexibility index (Phi) is 5.90. The van der Waals surface area contributed by atoms with Crippen molar-refractivity contribution in [1.29, 1.82) is 0 Å². The van der Waals surface area contributed by atoms with Crippen LogP contribution in [-0.4, -0.2) is 56.9 Å². The molecule has 11 heteroatoms. The standard InChI is InChI=1S/C19H16N2O9/c22-13-6-7-14(23)20(13)12(10-17(26)27)18(11-4-2-1-3-5-11)29-19(28)30-21-15(24)8-9-16(21)25/h1-7,12,18H,8-10H2,(H,26,27). The van der Waals surface area contributed by atoms with Gasteiger partial charge in [-0.15, -0.1) is 0 Å². The fourth-order valence-corrected chi connectivity index (χ4v) is 3.12. The van der Waals surface area contributed by atoms with E-state index in [1.54, 1.807) is 18.2 Å². The summed E-state index contributed by atoms with van der Waals surface area (Å²) in [5.41, 5.74) is 0.271. The minimum absolute atomic E-state index is 0.127. The molecule has 2 unspecified atom stereocenters. The molecule has 30 heavy (non-hydrogen) atoms. The molecule has 11 nitrogen and oxygen atoms in total. The maximum absolute atomic E-state index is 12.3. The van der Waals surface area contributed by atoms with Crippen LogP contribution < -0.4 is 0 Å². The smallest absolute Gasteiger partial charge is 0.481 e. The number of carboxylic acids is 1. The minimum Gasteiger partial charge on any atom is -0.481 e. The molecule has 0 spiro atoms. The molecule has 1 aromatic rings. The number of benzene rings is 1. The predicted octanol–water partition coefficient (Wildman–Crippen LogP) is 0.713. The lowest BCUT2D eigenvalue weighted by atomic mass is 9.98. The van der Waals surface area contributed by atoms with E-state index in [-0.39, 0.29) is 23.5 Å². The molecule has 0 aliphatic carbocycles. The van der Waals surface area contributed by atoms with Crippen molar-refractivity contribution in [2.45, 2.75) is 31.4 Å². The predicted molar refractivity (Wildman–Crippen MR) is 94.9 cm³/mol. The normalized spacial score (nSPS) is 18.0. The molecule has 1 N–H and O–H groups in total. The molecule has 0 aromatic heterocycles. The number of carbonyl (C=O) groups is 6. The lowest BCUT2D eigenvalue weighted by Crippen LogP contribution is -2.46. The number of carboxylic acid groups (broad SMARTS) is 1. The van der Waals surface area contributed by atoms with Crippen LogP contribution in [0, 0.1) is 0 Å². The summed E-state index contributed by atoms with van der Waals surface area (Å²) in [4.78, 5) is 76.7. The quantitative estimate of drug-likeness (QED) is 0.501. The van der Waals surface area contributed by atoms with Crippen molar-refractivity contribution in [2.24, 2.45) is 0 Å². The van der Waals surface area contributed by atoms with Crippen molar-refractivity contribution in [2.75, 3.05) is 0 Å². The molecule has 1 fully saturated rings. The Morgan fingerprint density at radius 1 is 0.967 bits per heavy atom. The Labute approximate surface area is 169 Å². The van der Waals surface area contributed by atoms with E-state index in [1.807, 2.05) is 0 Å². The van der Waals surface area contributed by atoms with Gasteiger partial charge in [-0.2, -0.15) is 0 Å². The second kappa shape index (κ2) is 8.55. The first kappa shape index (κ1) is 20.7. The third kappa shape index (κ3) is 4.35. The van der Waals surface area contributed by atoms with Crippen molar-refractivity contribution < 1.29 is 43.4 Å². The van der Waals surface area contributed by atoms with Gasteiger partial charge < -0.3 is 9.84 Å².